The van der Waals surface area contributed by atoms with E-state index < -0.39 is 0 Å². The number of methoxy groups -OCH3 is 1. The Morgan fingerprint density at radius 1 is 1.10 bits per heavy atom. The summed E-state index contributed by atoms with van der Waals surface area (Å²) in [6.45, 7) is 9.63. The number of benzene rings is 2. The zero-order chi connectivity index (χ0) is 28.1. The Hall–Kier alpha value is -4.44. The molecule has 1 aliphatic rings. The molecule has 10 heteroatoms. The fourth-order valence-electron chi connectivity index (χ4n) is 4.76. The van der Waals surface area contributed by atoms with Gasteiger partial charge in [-0.25, -0.2) is 9.97 Å². The van der Waals surface area contributed by atoms with Crippen LogP contribution in [-0.4, -0.2) is 73.4 Å². The zero-order valence-corrected chi connectivity index (χ0v) is 23.1. The molecule has 1 amide bonds. The van der Waals surface area contributed by atoms with E-state index in [1.807, 2.05) is 43.4 Å². The monoisotopic (exact) mass is 528 g/mol. The van der Waals surface area contributed by atoms with Gasteiger partial charge in [-0.1, -0.05) is 18.7 Å². The molecule has 3 aromatic rings. The molecule has 1 saturated heterocycles. The molecule has 2 aromatic carbocycles. The van der Waals surface area contributed by atoms with Gasteiger partial charge in [-0.3, -0.25) is 9.69 Å². The van der Waals surface area contributed by atoms with E-state index in [-0.39, 0.29) is 5.91 Å². The number of carbonyl (C=O) groups is 1. The predicted octanol–water partition coefficient (Wildman–Crippen LogP) is 4.59. The van der Waals surface area contributed by atoms with Crippen LogP contribution in [0.15, 0.2) is 55.4 Å². The Balaban J connectivity index is 1.70. The molecule has 0 saturated carbocycles. The molecule has 39 heavy (non-hydrogen) atoms. The maximum Gasteiger partial charge on any atom is 0.247 e. The van der Waals surface area contributed by atoms with Crippen LogP contribution < -0.4 is 25.6 Å². The molecule has 0 aliphatic carbocycles. The molecule has 0 spiro atoms. The van der Waals surface area contributed by atoms with Crippen molar-refractivity contribution >= 4 is 40.7 Å². The van der Waals surface area contributed by atoms with E-state index in [9.17, 15) is 4.79 Å². The van der Waals surface area contributed by atoms with Gasteiger partial charge in [0.2, 0.25) is 5.91 Å². The second-order valence-electron chi connectivity index (χ2n) is 9.64. The van der Waals surface area contributed by atoms with Crippen LogP contribution in [-0.2, 0) is 4.79 Å². The highest BCUT2D eigenvalue weighted by molar-refractivity contribution is 6.02. The van der Waals surface area contributed by atoms with Gasteiger partial charge in [0.05, 0.1) is 29.9 Å². The molecule has 4 N–H and O–H groups in total. The second-order valence-corrected chi connectivity index (χ2v) is 9.64. The number of aromatic nitrogens is 2. The van der Waals surface area contributed by atoms with Crippen molar-refractivity contribution in [3.63, 3.8) is 0 Å². The SMILES string of the molecule is C=CC(=O)Nc1cc(Nc2cc(-c3ccc(C=N)c(NC)c3)ncn2)c(OC)cc1N1CC(C)N(C)C(C)C1. The maximum atomic E-state index is 12.4. The van der Waals surface area contributed by atoms with Crippen molar-refractivity contribution in [2.45, 2.75) is 25.9 Å². The molecular weight excluding hydrogens is 492 g/mol. The van der Waals surface area contributed by atoms with Crippen molar-refractivity contribution in [1.82, 2.24) is 14.9 Å². The third-order valence-corrected chi connectivity index (χ3v) is 7.17. The van der Waals surface area contributed by atoms with E-state index in [0.29, 0.717) is 35.0 Å². The summed E-state index contributed by atoms with van der Waals surface area (Å²) in [6, 6.07) is 12.1. The van der Waals surface area contributed by atoms with Gasteiger partial charge in [0, 0.05) is 67.4 Å². The first kappa shape index (κ1) is 27.6. The van der Waals surface area contributed by atoms with E-state index in [4.69, 9.17) is 10.1 Å². The molecule has 1 aliphatic heterocycles. The predicted molar refractivity (Wildman–Crippen MR) is 159 cm³/mol. The summed E-state index contributed by atoms with van der Waals surface area (Å²) in [5, 5.41) is 17.0. The van der Waals surface area contributed by atoms with Crippen LogP contribution in [0.2, 0.25) is 0 Å². The summed E-state index contributed by atoms with van der Waals surface area (Å²) in [5.41, 5.74) is 5.41. The number of piperazine rings is 1. The van der Waals surface area contributed by atoms with Gasteiger partial charge in [-0.15, -0.1) is 0 Å². The fourth-order valence-corrected chi connectivity index (χ4v) is 4.76. The minimum absolute atomic E-state index is 0.291. The van der Waals surface area contributed by atoms with Crippen molar-refractivity contribution < 1.29 is 9.53 Å². The first-order valence-electron chi connectivity index (χ1n) is 12.8. The Kier molecular flexibility index (Phi) is 8.46. The normalized spacial score (nSPS) is 17.3. The summed E-state index contributed by atoms with van der Waals surface area (Å²) < 4.78 is 5.78. The van der Waals surface area contributed by atoms with Gasteiger partial charge in [-0.2, -0.15) is 0 Å². The Morgan fingerprint density at radius 3 is 2.49 bits per heavy atom. The molecule has 0 bridgehead atoms. The van der Waals surface area contributed by atoms with E-state index in [2.05, 4.69) is 63.2 Å². The van der Waals surface area contributed by atoms with Gasteiger partial charge >= 0.3 is 0 Å². The van der Waals surface area contributed by atoms with E-state index in [0.717, 1.165) is 41.3 Å². The lowest BCUT2D eigenvalue weighted by Crippen LogP contribution is -2.55. The number of rotatable bonds is 9. The van der Waals surface area contributed by atoms with Gasteiger partial charge < -0.3 is 31.0 Å². The number of amides is 1. The van der Waals surface area contributed by atoms with Crippen LogP contribution >= 0.6 is 0 Å². The summed E-state index contributed by atoms with van der Waals surface area (Å²) >= 11 is 0. The van der Waals surface area contributed by atoms with Crippen LogP contribution in [0, 0.1) is 5.41 Å². The lowest BCUT2D eigenvalue weighted by Gasteiger charge is -2.44. The van der Waals surface area contributed by atoms with Gasteiger partial charge in [0.25, 0.3) is 0 Å². The third-order valence-electron chi connectivity index (χ3n) is 7.17. The first-order chi connectivity index (χ1) is 18.8. The molecule has 2 atom stereocenters. The number of hydrogen-bond donors (Lipinski definition) is 4. The van der Waals surface area contributed by atoms with Crippen LogP contribution in [0.5, 0.6) is 5.75 Å². The quantitative estimate of drug-likeness (QED) is 0.235. The summed E-state index contributed by atoms with van der Waals surface area (Å²) in [4.78, 5) is 25.9. The zero-order valence-electron chi connectivity index (χ0n) is 23.1. The van der Waals surface area contributed by atoms with E-state index >= 15 is 0 Å². The van der Waals surface area contributed by atoms with E-state index in [1.54, 1.807) is 7.11 Å². The molecule has 2 unspecified atom stereocenters. The van der Waals surface area contributed by atoms with Crippen molar-refractivity contribution in [2.75, 3.05) is 55.1 Å². The first-order valence-corrected chi connectivity index (χ1v) is 12.8. The average Bonchev–Trinajstić information content (AvgIpc) is 2.95. The molecule has 0 radical (unpaired) electrons. The topological polar surface area (TPSA) is 118 Å². The van der Waals surface area contributed by atoms with Gasteiger partial charge in [0.15, 0.2) is 0 Å². The van der Waals surface area contributed by atoms with Crippen molar-refractivity contribution in [2.24, 2.45) is 0 Å². The molecule has 2 heterocycles. The maximum absolute atomic E-state index is 12.4. The number of carbonyl (C=O) groups excluding carboxylic acids is 1. The smallest absolute Gasteiger partial charge is 0.247 e. The largest absolute Gasteiger partial charge is 0.494 e. The fraction of sp³-hybridized carbons (Fsp3) is 0.310. The summed E-state index contributed by atoms with van der Waals surface area (Å²) in [5.74, 6) is 0.894. The van der Waals surface area contributed by atoms with Crippen LogP contribution in [0.25, 0.3) is 11.3 Å². The number of nitrogens with zero attached hydrogens (tertiary/aromatic N) is 4. The standard InChI is InChI=1S/C29H36N8O2/c1-7-29(38)35-24-11-25(27(39-6)13-26(24)37-15-18(2)36(5)19(3)16-37)34-28-12-23(32-17-33-28)20-8-9-21(14-30)22(10-20)31-4/h7-14,17-19,30-31H,1,15-16H2,2-6H3,(H,35,38)(H,32,33,34). The van der Waals surface area contributed by atoms with Crippen molar-refractivity contribution in [1.29, 1.82) is 5.41 Å². The third kappa shape index (κ3) is 6.01. The van der Waals surface area contributed by atoms with Crippen LogP contribution in [0.4, 0.5) is 28.6 Å². The van der Waals surface area contributed by atoms with Gasteiger partial charge in [0.1, 0.15) is 17.9 Å². The lowest BCUT2D eigenvalue weighted by molar-refractivity contribution is -0.111. The molecule has 1 aromatic heterocycles. The molecule has 204 valence electrons. The lowest BCUT2D eigenvalue weighted by atomic mass is 10.1. The number of likely N-dealkylation sites (N-methyl/N-ethyl adjacent to an activating group) is 1. The average molecular weight is 529 g/mol. The molecule has 10 nitrogen and oxygen atoms in total. The highest BCUT2D eigenvalue weighted by Gasteiger charge is 2.29. The highest BCUT2D eigenvalue weighted by atomic mass is 16.5. The van der Waals surface area contributed by atoms with Crippen LogP contribution in [0.1, 0.15) is 19.4 Å². The minimum atomic E-state index is -0.291. The Labute approximate surface area is 229 Å². The Morgan fingerprint density at radius 2 is 1.85 bits per heavy atom. The minimum Gasteiger partial charge on any atom is -0.494 e. The van der Waals surface area contributed by atoms with Crippen molar-refractivity contribution in [3.05, 3.63) is 60.9 Å². The Bertz CT molecular complexity index is 1360. The number of hydrogen-bond acceptors (Lipinski definition) is 9. The molecular formula is C29H36N8O2. The summed E-state index contributed by atoms with van der Waals surface area (Å²) in [6.07, 6.45) is 4.07. The number of nitrogens with one attached hydrogen (secondary N) is 4. The van der Waals surface area contributed by atoms with Crippen LogP contribution in [0.3, 0.4) is 0 Å². The van der Waals surface area contributed by atoms with E-state index in [1.165, 1.54) is 18.6 Å². The number of ether oxygens (including phenoxy) is 1. The number of anilines is 5. The summed E-state index contributed by atoms with van der Waals surface area (Å²) in [7, 11) is 5.58. The second kappa shape index (κ2) is 12.0. The molecule has 1 fully saturated rings. The molecule has 4 rings (SSSR count). The van der Waals surface area contributed by atoms with Gasteiger partial charge in [-0.05, 0) is 39.1 Å². The van der Waals surface area contributed by atoms with Crippen molar-refractivity contribution in [3.8, 4) is 17.0 Å². The highest BCUT2D eigenvalue weighted by Crippen LogP contribution is 2.39.